The first-order chi connectivity index (χ1) is 8.27. The SMILES string of the molecule is CCCCCCCCCCCCNCC(C)N. The van der Waals surface area contributed by atoms with E-state index in [1.807, 2.05) is 6.92 Å². The van der Waals surface area contributed by atoms with Gasteiger partial charge in [-0.3, -0.25) is 0 Å². The van der Waals surface area contributed by atoms with Gasteiger partial charge in [0.25, 0.3) is 0 Å². The van der Waals surface area contributed by atoms with Crippen LogP contribution in [0.5, 0.6) is 0 Å². The van der Waals surface area contributed by atoms with Gasteiger partial charge in [-0.1, -0.05) is 64.7 Å². The normalized spacial score (nSPS) is 12.9. The van der Waals surface area contributed by atoms with E-state index in [1.165, 1.54) is 64.2 Å². The minimum absolute atomic E-state index is 0.290. The van der Waals surface area contributed by atoms with Crippen molar-refractivity contribution >= 4 is 0 Å². The van der Waals surface area contributed by atoms with Crippen LogP contribution in [0.15, 0.2) is 0 Å². The number of hydrogen-bond acceptors (Lipinski definition) is 2. The number of unbranched alkanes of at least 4 members (excludes halogenated alkanes) is 9. The van der Waals surface area contributed by atoms with Crippen molar-refractivity contribution in [1.29, 1.82) is 0 Å². The summed E-state index contributed by atoms with van der Waals surface area (Å²) in [6, 6.07) is 0.290. The van der Waals surface area contributed by atoms with Gasteiger partial charge in [-0.2, -0.15) is 0 Å². The summed E-state index contributed by atoms with van der Waals surface area (Å²) >= 11 is 0. The van der Waals surface area contributed by atoms with Crippen molar-refractivity contribution in [3.05, 3.63) is 0 Å². The van der Waals surface area contributed by atoms with E-state index in [4.69, 9.17) is 5.73 Å². The van der Waals surface area contributed by atoms with Crippen molar-refractivity contribution in [3.63, 3.8) is 0 Å². The average Bonchev–Trinajstić information content (AvgIpc) is 2.30. The average molecular weight is 242 g/mol. The lowest BCUT2D eigenvalue weighted by atomic mass is 10.1. The summed E-state index contributed by atoms with van der Waals surface area (Å²) in [4.78, 5) is 0. The van der Waals surface area contributed by atoms with E-state index < -0.39 is 0 Å². The molecule has 0 saturated heterocycles. The van der Waals surface area contributed by atoms with E-state index in [9.17, 15) is 0 Å². The van der Waals surface area contributed by atoms with Crippen LogP contribution in [0.4, 0.5) is 0 Å². The Hall–Kier alpha value is -0.0800. The molecule has 3 N–H and O–H groups in total. The van der Waals surface area contributed by atoms with E-state index in [-0.39, 0.29) is 6.04 Å². The lowest BCUT2D eigenvalue weighted by Crippen LogP contribution is -2.31. The summed E-state index contributed by atoms with van der Waals surface area (Å²) in [5, 5.41) is 3.39. The van der Waals surface area contributed by atoms with Crippen molar-refractivity contribution in [1.82, 2.24) is 5.32 Å². The molecule has 0 fully saturated rings. The van der Waals surface area contributed by atoms with E-state index in [0.29, 0.717) is 0 Å². The number of nitrogens with one attached hydrogen (secondary N) is 1. The Bertz CT molecular complexity index is 135. The summed E-state index contributed by atoms with van der Waals surface area (Å²) in [5.74, 6) is 0. The maximum Gasteiger partial charge on any atom is 0.0136 e. The van der Waals surface area contributed by atoms with Crippen molar-refractivity contribution in [2.75, 3.05) is 13.1 Å². The molecule has 0 heterocycles. The van der Waals surface area contributed by atoms with Crippen LogP contribution in [-0.2, 0) is 0 Å². The Balaban J connectivity index is 2.89. The van der Waals surface area contributed by atoms with E-state index in [2.05, 4.69) is 12.2 Å². The van der Waals surface area contributed by atoms with E-state index in [0.717, 1.165) is 13.1 Å². The van der Waals surface area contributed by atoms with Gasteiger partial charge >= 0.3 is 0 Å². The van der Waals surface area contributed by atoms with Crippen LogP contribution in [0, 0.1) is 0 Å². The van der Waals surface area contributed by atoms with Gasteiger partial charge in [0.1, 0.15) is 0 Å². The first-order valence-electron chi connectivity index (χ1n) is 7.73. The highest BCUT2D eigenvalue weighted by molar-refractivity contribution is 4.57. The first-order valence-corrected chi connectivity index (χ1v) is 7.73. The van der Waals surface area contributed by atoms with Crippen molar-refractivity contribution in [2.45, 2.75) is 84.1 Å². The molecule has 0 amide bonds. The molecular weight excluding hydrogens is 208 g/mol. The van der Waals surface area contributed by atoms with Gasteiger partial charge in [0, 0.05) is 12.6 Å². The molecule has 0 saturated carbocycles. The Labute approximate surface area is 109 Å². The molecule has 2 nitrogen and oxygen atoms in total. The molecule has 0 aliphatic rings. The lowest BCUT2D eigenvalue weighted by Gasteiger charge is -2.07. The Kier molecular flexibility index (Phi) is 13.9. The third kappa shape index (κ3) is 15.9. The molecule has 17 heavy (non-hydrogen) atoms. The highest BCUT2D eigenvalue weighted by Gasteiger charge is 1.94. The predicted octanol–water partition coefficient (Wildman–Crippen LogP) is 3.84. The quantitative estimate of drug-likeness (QED) is 0.482. The van der Waals surface area contributed by atoms with E-state index in [1.54, 1.807) is 0 Å². The molecule has 0 aromatic rings. The predicted molar refractivity (Wildman–Crippen MR) is 78.4 cm³/mol. The molecule has 1 unspecified atom stereocenters. The Morgan fingerprint density at radius 3 is 1.76 bits per heavy atom. The zero-order valence-electron chi connectivity index (χ0n) is 12.1. The highest BCUT2D eigenvalue weighted by Crippen LogP contribution is 2.10. The molecule has 0 aromatic carbocycles. The fourth-order valence-electron chi connectivity index (χ4n) is 2.07. The molecule has 0 aromatic heterocycles. The maximum absolute atomic E-state index is 5.66. The summed E-state index contributed by atoms with van der Waals surface area (Å²) in [5.41, 5.74) is 5.66. The molecule has 0 aliphatic carbocycles. The molecule has 0 radical (unpaired) electrons. The van der Waals surface area contributed by atoms with Gasteiger partial charge in [0.2, 0.25) is 0 Å². The van der Waals surface area contributed by atoms with Gasteiger partial charge in [0.05, 0.1) is 0 Å². The fraction of sp³-hybridized carbons (Fsp3) is 1.00. The molecule has 0 bridgehead atoms. The van der Waals surface area contributed by atoms with Gasteiger partial charge in [0.15, 0.2) is 0 Å². The topological polar surface area (TPSA) is 38.0 Å². The van der Waals surface area contributed by atoms with Gasteiger partial charge in [-0.25, -0.2) is 0 Å². The number of nitrogens with two attached hydrogens (primary N) is 1. The van der Waals surface area contributed by atoms with Crippen molar-refractivity contribution in [3.8, 4) is 0 Å². The molecular formula is C15H34N2. The van der Waals surface area contributed by atoms with Crippen LogP contribution in [0.25, 0.3) is 0 Å². The zero-order valence-corrected chi connectivity index (χ0v) is 12.1. The van der Waals surface area contributed by atoms with Crippen LogP contribution >= 0.6 is 0 Å². The van der Waals surface area contributed by atoms with E-state index >= 15 is 0 Å². The van der Waals surface area contributed by atoms with Gasteiger partial charge in [-0.15, -0.1) is 0 Å². The smallest absolute Gasteiger partial charge is 0.0136 e. The minimum atomic E-state index is 0.290. The molecule has 0 rings (SSSR count). The number of hydrogen-bond donors (Lipinski definition) is 2. The second kappa shape index (κ2) is 14.0. The van der Waals surface area contributed by atoms with Crippen LogP contribution in [0.3, 0.4) is 0 Å². The molecule has 0 aliphatic heterocycles. The highest BCUT2D eigenvalue weighted by atomic mass is 14.9. The molecule has 1 atom stereocenters. The summed E-state index contributed by atoms with van der Waals surface area (Å²) in [7, 11) is 0. The van der Waals surface area contributed by atoms with Crippen LogP contribution < -0.4 is 11.1 Å². The fourth-order valence-corrected chi connectivity index (χ4v) is 2.07. The number of rotatable bonds is 13. The summed E-state index contributed by atoms with van der Waals surface area (Å²) < 4.78 is 0. The zero-order chi connectivity index (χ0) is 12.8. The van der Waals surface area contributed by atoms with Crippen LogP contribution in [0.1, 0.15) is 78.1 Å². The lowest BCUT2D eigenvalue weighted by molar-refractivity contribution is 0.534. The third-order valence-corrected chi connectivity index (χ3v) is 3.17. The summed E-state index contributed by atoms with van der Waals surface area (Å²) in [6.45, 7) is 6.42. The monoisotopic (exact) mass is 242 g/mol. The maximum atomic E-state index is 5.66. The molecule has 104 valence electrons. The van der Waals surface area contributed by atoms with Crippen LogP contribution in [0.2, 0.25) is 0 Å². The second-order valence-corrected chi connectivity index (χ2v) is 5.36. The largest absolute Gasteiger partial charge is 0.327 e. The van der Waals surface area contributed by atoms with Crippen LogP contribution in [-0.4, -0.2) is 19.1 Å². The Morgan fingerprint density at radius 1 is 0.824 bits per heavy atom. The first kappa shape index (κ1) is 16.9. The summed E-state index contributed by atoms with van der Waals surface area (Å²) in [6.07, 6.45) is 14.1. The van der Waals surface area contributed by atoms with Gasteiger partial charge in [-0.05, 0) is 19.9 Å². The third-order valence-electron chi connectivity index (χ3n) is 3.17. The molecule has 0 spiro atoms. The van der Waals surface area contributed by atoms with Gasteiger partial charge < -0.3 is 11.1 Å². The standard InChI is InChI=1S/C15H34N2/c1-3-4-5-6-7-8-9-10-11-12-13-17-14-15(2)16/h15,17H,3-14,16H2,1-2H3. The minimum Gasteiger partial charge on any atom is -0.327 e. The van der Waals surface area contributed by atoms with Crippen molar-refractivity contribution < 1.29 is 0 Å². The molecule has 2 heteroatoms. The second-order valence-electron chi connectivity index (χ2n) is 5.36. The Morgan fingerprint density at radius 2 is 1.29 bits per heavy atom. The van der Waals surface area contributed by atoms with Crippen molar-refractivity contribution in [2.24, 2.45) is 5.73 Å².